The van der Waals surface area contributed by atoms with Gasteiger partial charge in [-0.1, -0.05) is 38.1 Å². The number of pyridine rings is 1. The first-order valence-electron chi connectivity index (χ1n) is 9.28. The molecule has 6 nitrogen and oxygen atoms in total. The van der Waals surface area contributed by atoms with Crippen LogP contribution in [0.15, 0.2) is 48.7 Å². The molecule has 1 atom stereocenters. The maximum atomic E-state index is 12.6. The molecule has 144 valence electrons. The van der Waals surface area contributed by atoms with Crippen molar-refractivity contribution < 1.29 is 19.4 Å². The summed E-state index contributed by atoms with van der Waals surface area (Å²) >= 11 is 0. The molecule has 0 radical (unpaired) electrons. The Hall–Kier alpha value is -3.28. The van der Waals surface area contributed by atoms with E-state index in [4.69, 9.17) is 9.47 Å². The number of benzene rings is 2. The monoisotopic (exact) mass is 378 g/mol. The van der Waals surface area contributed by atoms with Gasteiger partial charge in [-0.15, -0.1) is 0 Å². The number of aromatic nitrogens is 1. The van der Waals surface area contributed by atoms with Crippen LogP contribution in [0.25, 0.3) is 10.9 Å². The summed E-state index contributed by atoms with van der Waals surface area (Å²) in [5.41, 5.74) is 1.89. The van der Waals surface area contributed by atoms with Gasteiger partial charge < -0.3 is 19.9 Å². The third kappa shape index (κ3) is 3.45. The Morgan fingerprint density at radius 1 is 1.18 bits per heavy atom. The Morgan fingerprint density at radius 3 is 2.82 bits per heavy atom. The van der Waals surface area contributed by atoms with E-state index in [1.807, 2.05) is 56.3 Å². The van der Waals surface area contributed by atoms with Crippen LogP contribution in [-0.4, -0.2) is 22.8 Å². The zero-order valence-corrected chi connectivity index (χ0v) is 15.8. The van der Waals surface area contributed by atoms with Gasteiger partial charge in [-0.2, -0.15) is 0 Å². The number of carbonyl (C=O) groups is 1. The predicted molar refractivity (Wildman–Crippen MR) is 105 cm³/mol. The van der Waals surface area contributed by atoms with E-state index < -0.39 is 6.04 Å². The summed E-state index contributed by atoms with van der Waals surface area (Å²) in [5.74, 6) is 1.49. The lowest BCUT2D eigenvalue weighted by molar-refractivity contribution is -0.122. The van der Waals surface area contributed by atoms with Crippen LogP contribution in [0.4, 0.5) is 0 Å². The minimum atomic E-state index is -0.535. The van der Waals surface area contributed by atoms with Crippen LogP contribution >= 0.6 is 0 Å². The van der Waals surface area contributed by atoms with E-state index in [2.05, 4.69) is 10.3 Å². The van der Waals surface area contributed by atoms with Gasteiger partial charge >= 0.3 is 0 Å². The summed E-state index contributed by atoms with van der Waals surface area (Å²) in [5, 5.41) is 14.8. The van der Waals surface area contributed by atoms with E-state index in [1.54, 1.807) is 6.20 Å². The first kappa shape index (κ1) is 18.1. The average Bonchev–Trinajstić information content (AvgIpc) is 3.14. The third-order valence-corrected chi connectivity index (χ3v) is 4.72. The van der Waals surface area contributed by atoms with Crippen molar-refractivity contribution in [2.75, 3.05) is 6.79 Å². The van der Waals surface area contributed by atoms with Crippen LogP contribution in [0.3, 0.4) is 0 Å². The maximum Gasteiger partial charge on any atom is 0.231 e. The van der Waals surface area contributed by atoms with Crippen molar-refractivity contribution in [2.24, 2.45) is 5.92 Å². The molecule has 0 aliphatic carbocycles. The number of amides is 1. The van der Waals surface area contributed by atoms with Crippen molar-refractivity contribution in [1.29, 1.82) is 0 Å². The van der Waals surface area contributed by atoms with Gasteiger partial charge in [0.2, 0.25) is 12.7 Å². The number of rotatable bonds is 5. The molecule has 28 heavy (non-hydrogen) atoms. The molecule has 2 N–H and O–H groups in total. The van der Waals surface area contributed by atoms with Gasteiger partial charge in [-0.25, -0.2) is 0 Å². The molecule has 1 aliphatic rings. The SMILES string of the molecule is CC(C)CC(=O)N[C@H](c1ccc2c(c1)OCO2)c1ccc2cccnc2c1O. The molecule has 1 aliphatic heterocycles. The molecule has 0 bridgehead atoms. The zero-order chi connectivity index (χ0) is 19.7. The molecule has 0 unspecified atom stereocenters. The lowest BCUT2D eigenvalue weighted by atomic mass is 9.95. The van der Waals surface area contributed by atoms with Crippen molar-refractivity contribution in [1.82, 2.24) is 10.3 Å². The fraction of sp³-hybridized carbons (Fsp3) is 0.273. The van der Waals surface area contributed by atoms with E-state index in [9.17, 15) is 9.90 Å². The number of nitrogens with one attached hydrogen (secondary N) is 1. The van der Waals surface area contributed by atoms with Crippen molar-refractivity contribution in [3.8, 4) is 17.2 Å². The molecule has 4 rings (SSSR count). The van der Waals surface area contributed by atoms with Gasteiger partial charge in [0.15, 0.2) is 11.5 Å². The molecule has 6 heteroatoms. The molecule has 1 aromatic heterocycles. The first-order valence-corrected chi connectivity index (χ1v) is 9.28. The smallest absolute Gasteiger partial charge is 0.231 e. The van der Waals surface area contributed by atoms with Gasteiger partial charge in [-0.3, -0.25) is 9.78 Å². The van der Waals surface area contributed by atoms with Crippen molar-refractivity contribution >= 4 is 16.8 Å². The van der Waals surface area contributed by atoms with Gasteiger partial charge in [0.1, 0.15) is 11.3 Å². The van der Waals surface area contributed by atoms with Gasteiger partial charge in [0.25, 0.3) is 0 Å². The quantitative estimate of drug-likeness (QED) is 0.703. The minimum Gasteiger partial charge on any atom is -0.505 e. The summed E-state index contributed by atoms with van der Waals surface area (Å²) in [7, 11) is 0. The standard InChI is InChI=1S/C22H22N2O4/c1-13(2)10-19(25)24-20(15-6-8-17-18(11-15)28-12-27-17)16-7-5-14-4-3-9-23-21(14)22(16)26/h3-9,11,13,20,26H,10,12H2,1-2H3,(H,24,25)/t20-/m1/s1. The van der Waals surface area contributed by atoms with E-state index >= 15 is 0 Å². The Balaban J connectivity index is 1.79. The molecular formula is C22H22N2O4. The second kappa shape index (κ2) is 7.38. The number of hydrogen-bond donors (Lipinski definition) is 2. The van der Waals surface area contributed by atoms with Crippen LogP contribution < -0.4 is 14.8 Å². The van der Waals surface area contributed by atoms with E-state index in [0.717, 1.165) is 10.9 Å². The number of ether oxygens (including phenoxy) is 2. The largest absolute Gasteiger partial charge is 0.505 e. The number of fused-ring (bicyclic) bond motifs is 2. The number of aromatic hydroxyl groups is 1. The first-order chi connectivity index (χ1) is 13.5. The molecule has 0 saturated heterocycles. The number of hydrogen-bond acceptors (Lipinski definition) is 5. The highest BCUT2D eigenvalue weighted by atomic mass is 16.7. The fourth-order valence-corrected chi connectivity index (χ4v) is 3.40. The van der Waals surface area contributed by atoms with E-state index in [-0.39, 0.29) is 24.4 Å². The number of nitrogens with zero attached hydrogens (tertiary/aromatic N) is 1. The fourth-order valence-electron chi connectivity index (χ4n) is 3.40. The van der Waals surface area contributed by atoms with Gasteiger partial charge in [0, 0.05) is 23.6 Å². The van der Waals surface area contributed by atoms with Crippen molar-refractivity contribution in [3.05, 3.63) is 59.8 Å². The number of phenolic OH excluding ortho intramolecular Hbond substituents is 1. The molecule has 2 aromatic carbocycles. The van der Waals surface area contributed by atoms with Crippen LogP contribution in [0.5, 0.6) is 17.2 Å². The second-order valence-corrected chi connectivity index (χ2v) is 7.29. The molecule has 3 aromatic rings. The van der Waals surface area contributed by atoms with Crippen LogP contribution in [0.1, 0.15) is 37.4 Å². The highest BCUT2D eigenvalue weighted by Gasteiger charge is 2.24. The van der Waals surface area contributed by atoms with Crippen LogP contribution in [0, 0.1) is 5.92 Å². The second-order valence-electron chi connectivity index (χ2n) is 7.29. The highest BCUT2D eigenvalue weighted by molar-refractivity contribution is 5.86. The Labute approximate surface area is 163 Å². The number of carbonyl (C=O) groups excluding carboxylic acids is 1. The third-order valence-electron chi connectivity index (χ3n) is 4.72. The zero-order valence-electron chi connectivity index (χ0n) is 15.8. The van der Waals surface area contributed by atoms with Gasteiger partial charge in [-0.05, 0) is 29.7 Å². The summed E-state index contributed by atoms with van der Waals surface area (Å²) in [6.07, 6.45) is 2.03. The number of phenols is 1. The minimum absolute atomic E-state index is 0.0608. The lowest BCUT2D eigenvalue weighted by Crippen LogP contribution is -2.30. The molecule has 0 fully saturated rings. The van der Waals surface area contributed by atoms with E-state index in [0.29, 0.717) is 29.0 Å². The predicted octanol–water partition coefficient (Wildman–Crippen LogP) is 3.92. The molecule has 2 heterocycles. The normalized spacial score (nSPS) is 13.7. The maximum absolute atomic E-state index is 12.6. The average molecular weight is 378 g/mol. The van der Waals surface area contributed by atoms with E-state index in [1.165, 1.54) is 0 Å². The van der Waals surface area contributed by atoms with Crippen LogP contribution in [-0.2, 0) is 4.79 Å². The van der Waals surface area contributed by atoms with Crippen molar-refractivity contribution in [3.63, 3.8) is 0 Å². The lowest BCUT2D eigenvalue weighted by Gasteiger charge is -2.22. The summed E-state index contributed by atoms with van der Waals surface area (Å²) in [4.78, 5) is 16.9. The summed E-state index contributed by atoms with van der Waals surface area (Å²) < 4.78 is 10.9. The van der Waals surface area contributed by atoms with Crippen LogP contribution in [0.2, 0.25) is 0 Å². The topological polar surface area (TPSA) is 80.7 Å². The van der Waals surface area contributed by atoms with Crippen molar-refractivity contribution in [2.45, 2.75) is 26.3 Å². The van der Waals surface area contributed by atoms with Gasteiger partial charge in [0.05, 0.1) is 6.04 Å². The molecular weight excluding hydrogens is 356 g/mol. The Bertz CT molecular complexity index is 1030. The summed E-state index contributed by atoms with van der Waals surface area (Å²) in [6.45, 7) is 4.16. The summed E-state index contributed by atoms with van der Waals surface area (Å²) in [6, 6.07) is 12.4. The Morgan fingerprint density at radius 2 is 2.00 bits per heavy atom. The molecule has 0 spiro atoms. The molecule has 0 saturated carbocycles. The molecule has 1 amide bonds. The Kier molecular flexibility index (Phi) is 4.77. The highest BCUT2D eigenvalue weighted by Crippen LogP contribution is 2.39.